The Morgan fingerprint density at radius 1 is 0.441 bits per heavy atom. The monoisotopic (exact) mass is 2120 g/mol. The average molecular weight is 2130 g/mol. The lowest BCUT2D eigenvalue weighted by Crippen LogP contribution is -2.73. The number of fused-ring (bicyclic) bond motifs is 15. The fourth-order valence-electron chi connectivity index (χ4n) is 22.8. The van der Waals surface area contributed by atoms with Gasteiger partial charge in [0.2, 0.25) is 23.6 Å². The molecule has 145 heavy (non-hydrogen) atoms. The summed E-state index contributed by atoms with van der Waals surface area (Å²) < 4.78 is 104. The number of aromatic amines is 5. The van der Waals surface area contributed by atoms with E-state index in [1.54, 1.807) is 50.2 Å². The highest BCUT2D eigenvalue weighted by molar-refractivity contribution is 7.49. The number of aryl methyl sites for hydroxylation is 5. The van der Waals surface area contributed by atoms with Gasteiger partial charge in [-0.3, -0.25) is 57.7 Å². The standard InChI is InChI=1S/C47H45Cl2N4O8P.C38H34Cl2N5O11P.C14H15ClN2O2.C2HF3O2/c1-27-18-50-42-36(60-29(3)54)14-34-40(38(27)42)32(16-48)20-52(34)44(55)46-24-47(25-46,26-46)45(56)53-21-33(17-49)41-35(53)15-37(43-39(41)28(2)19-51-43)61-62(57,58-22-30-10-6-4-7-11-30)59-23-31-12-8-5-9-13-31;1-18-11-41-32-26(55-36(48)54-23-5-3-22(4-6-23)45(49)50)7-24-30(28(18)32)20(9-39)13-43(24)34(46)37-15-38(16-37,17-37)35(47)44-14-21(10-40)31-25(44)8-27(56-57(51,52)53)33-29(31)19(2)12-42-33;1-7-5-17-14-11(19-8(2)18)3-10-13(12(7)14)9(4-15)6-16-10;3-2(4,5)1(6)7/h4-15,18-19,32-33,50-51H,16-17,20-26H2,1-3H3;3-8,11-12,20-21,41-42H,9-10,13-17H2,1-2H3,(H2,51,52,53);3,5,9,16-17H,4,6H2,1-2H3;(H,6,7)/t32-,33-,46?,47?;20-,21-,37?,38?;9-;/m111./s1. The fourth-order valence-corrected chi connectivity index (χ4v) is 25.6. The van der Waals surface area contributed by atoms with Crippen molar-refractivity contribution in [1.29, 1.82) is 0 Å². The lowest BCUT2D eigenvalue weighted by Gasteiger charge is -2.69. The molecule has 6 aliphatic carbocycles. The van der Waals surface area contributed by atoms with Gasteiger partial charge in [-0.2, -0.15) is 13.2 Å². The Labute approximate surface area is 849 Å². The number of rotatable bonds is 24. The summed E-state index contributed by atoms with van der Waals surface area (Å²) in [4.78, 5) is 156. The molecule has 758 valence electrons. The molecule has 0 unspecified atom stereocenters. The molecule has 34 nitrogen and oxygen atoms in total. The minimum absolute atomic E-state index is 0.0222. The Morgan fingerprint density at radius 3 is 1.06 bits per heavy atom. The smallest absolute Gasteiger partial charge is 0.475 e. The van der Waals surface area contributed by atoms with Crippen LogP contribution in [0.1, 0.15) is 149 Å². The highest BCUT2D eigenvalue weighted by Gasteiger charge is 2.78. The summed E-state index contributed by atoms with van der Waals surface area (Å²) in [5.41, 5.74) is 14.1. The second kappa shape index (κ2) is 38.3. The maximum Gasteiger partial charge on any atom is 0.530 e. The highest BCUT2D eigenvalue weighted by atomic mass is 35.5. The van der Waals surface area contributed by atoms with Crippen molar-refractivity contribution < 1.29 is 118 Å². The van der Waals surface area contributed by atoms with Crippen LogP contribution >= 0.6 is 73.7 Å². The number of carbonyl (C=O) groups excluding carboxylic acids is 7. The van der Waals surface area contributed by atoms with Gasteiger partial charge < -0.3 is 82.9 Å². The van der Waals surface area contributed by atoms with E-state index in [1.165, 1.54) is 49.7 Å². The molecule has 4 bridgehead atoms. The molecule has 6 fully saturated rings. The van der Waals surface area contributed by atoms with Gasteiger partial charge in [-0.1, -0.05) is 60.7 Å². The number of nitro groups is 1. The molecule has 9 N–H and O–H groups in total. The van der Waals surface area contributed by atoms with Gasteiger partial charge in [-0.05, 0) is 152 Å². The van der Waals surface area contributed by atoms with Crippen molar-refractivity contribution in [1.82, 2.24) is 24.9 Å². The molecular weight excluding hydrogens is 2030 g/mol. The number of halogens is 8. The first kappa shape index (κ1) is 101. The molecule has 6 saturated carbocycles. The second-order valence-electron chi connectivity index (χ2n) is 38.5. The number of nitrogens with zero attached hydrogens (tertiary/aromatic N) is 5. The van der Waals surface area contributed by atoms with Crippen molar-refractivity contribution in [3.63, 3.8) is 0 Å². The van der Waals surface area contributed by atoms with Crippen LogP contribution in [0, 0.1) is 66.4 Å². The number of carboxylic acids is 1. The summed E-state index contributed by atoms with van der Waals surface area (Å²) >= 11 is 32.2. The van der Waals surface area contributed by atoms with Gasteiger partial charge in [0.25, 0.3) is 5.69 Å². The number of anilines is 5. The van der Waals surface area contributed by atoms with Gasteiger partial charge >= 0.3 is 45.9 Å². The van der Waals surface area contributed by atoms with Gasteiger partial charge in [-0.15, -0.1) is 58.0 Å². The van der Waals surface area contributed by atoms with E-state index in [4.69, 9.17) is 105 Å². The number of carboxylic acid groups (broad SMARTS) is 1. The van der Waals surface area contributed by atoms with Gasteiger partial charge in [0, 0.05) is 212 Å². The van der Waals surface area contributed by atoms with Gasteiger partial charge in [-0.25, -0.2) is 18.7 Å². The van der Waals surface area contributed by atoms with E-state index in [2.05, 4.69) is 30.2 Å². The number of benzene rings is 8. The third-order valence-corrected chi connectivity index (χ3v) is 32.5. The largest absolute Gasteiger partial charge is 0.530 e. The highest BCUT2D eigenvalue weighted by Crippen LogP contribution is 2.77. The van der Waals surface area contributed by atoms with Crippen molar-refractivity contribution in [2.45, 2.75) is 136 Å². The molecule has 11 aliphatic rings. The zero-order valence-electron chi connectivity index (χ0n) is 78.6. The second-order valence-corrected chi connectivity index (χ2v) is 42.8. The third-order valence-electron chi connectivity index (χ3n) is 28.9. The minimum atomic E-state index is -5.08. The number of H-pyrrole nitrogens is 5. The van der Waals surface area contributed by atoms with Crippen molar-refractivity contribution >= 4 is 210 Å². The first-order chi connectivity index (χ1) is 69.0. The van der Waals surface area contributed by atoms with Crippen molar-refractivity contribution in [3.05, 3.63) is 223 Å². The predicted octanol–water partition coefficient (Wildman–Crippen LogP) is 21.5. The maximum absolute atomic E-state index is 14.9. The molecule has 0 saturated heterocycles. The van der Waals surface area contributed by atoms with E-state index < -0.39 is 66.5 Å². The zero-order valence-corrected chi connectivity index (χ0v) is 84.2. The maximum atomic E-state index is 14.9. The first-order valence-corrected chi connectivity index (χ1v) is 51.9. The van der Waals surface area contributed by atoms with Crippen LogP contribution in [-0.2, 0) is 65.0 Å². The molecule has 4 amide bonds. The molecule has 24 rings (SSSR count). The van der Waals surface area contributed by atoms with E-state index >= 15 is 0 Å². The topological polar surface area (TPSA) is 452 Å². The number of hydrogen-bond donors (Lipinski definition) is 9. The number of non-ortho nitro benzene ring substituents is 1. The number of amides is 4. The number of nitrogens with one attached hydrogen (secondary N) is 6. The number of esters is 2. The molecule has 5 aromatic heterocycles. The number of alkyl halides is 8. The summed E-state index contributed by atoms with van der Waals surface area (Å²) in [5, 5.41) is 25.8. The Kier molecular flexibility index (Phi) is 26.7. The van der Waals surface area contributed by atoms with Crippen LogP contribution in [0.25, 0.3) is 54.5 Å². The zero-order chi connectivity index (χ0) is 103. The van der Waals surface area contributed by atoms with Crippen LogP contribution in [0.3, 0.4) is 0 Å². The minimum Gasteiger partial charge on any atom is -0.475 e. The van der Waals surface area contributed by atoms with E-state index in [0.717, 1.165) is 100 Å². The van der Waals surface area contributed by atoms with E-state index in [9.17, 15) is 75.8 Å². The van der Waals surface area contributed by atoms with Crippen molar-refractivity contribution in [3.8, 4) is 34.5 Å². The summed E-state index contributed by atoms with van der Waals surface area (Å²) in [6.45, 7) is 14.5. The number of carbonyl (C=O) groups is 8. The van der Waals surface area contributed by atoms with Crippen molar-refractivity contribution in [2.24, 2.45) is 21.7 Å². The lowest BCUT2D eigenvalue weighted by atomic mass is 9.34. The number of aromatic nitrogens is 5. The Morgan fingerprint density at radius 2 is 0.745 bits per heavy atom. The normalized spacial score (nSPS) is 21.5. The van der Waals surface area contributed by atoms with Crippen LogP contribution in [-0.4, -0.2) is 161 Å². The van der Waals surface area contributed by atoms with Gasteiger partial charge in [0.1, 0.15) is 5.75 Å². The molecule has 0 radical (unpaired) electrons. The van der Waals surface area contributed by atoms with E-state index in [-0.39, 0.29) is 126 Å². The number of phosphoric acid groups is 2. The van der Waals surface area contributed by atoms with Crippen LogP contribution in [0.4, 0.5) is 52.1 Å². The number of ether oxygens (including phenoxy) is 4. The first-order valence-electron chi connectivity index (χ1n) is 46.3. The molecule has 13 aromatic rings. The quantitative estimate of drug-likeness (QED) is 0.00516. The lowest BCUT2D eigenvalue weighted by molar-refractivity contribution is -0.384. The van der Waals surface area contributed by atoms with Crippen molar-refractivity contribution in [2.75, 3.05) is 87.0 Å². The third kappa shape index (κ3) is 18.0. The molecule has 10 heterocycles. The average Bonchev–Trinajstić information content (AvgIpc) is 1.65. The summed E-state index contributed by atoms with van der Waals surface area (Å²) in [5.74, 6) is -1.75. The number of phosphoric ester groups is 2. The fraction of sp³-hybridized carbons (Fsp3) is 0.347. The van der Waals surface area contributed by atoms with Gasteiger partial charge in [0.15, 0.2) is 28.7 Å². The Hall–Kier alpha value is -12.6. The van der Waals surface area contributed by atoms with E-state index in [0.29, 0.717) is 131 Å². The van der Waals surface area contributed by atoms with Crippen LogP contribution < -0.4 is 52.9 Å². The van der Waals surface area contributed by atoms with Gasteiger partial charge in [0.05, 0.1) is 90.1 Å². The van der Waals surface area contributed by atoms with Crippen LogP contribution in [0.2, 0.25) is 0 Å². The predicted molar refractivity (Wildman–Crippen MR) is 537 cm³/mol. The van der Waals surface area contributed by atoms with Crippen LogP contribution in [0.15, 0.2) is 146 Å². The summed E-state index contributed by atoms with van der Waals surface area (Å²) in [6, 6.07) is 32.2. The molecule has 8 aromatic carbocycles. The molecule has 44 heteroatoms. The summed E-state index contributed by atoms with van der Waals surface area (Å²) in [6.07, 6.45) is 5.08. The molecule has 5 atom stereocenters. The van der Waals surface area contributed by atoms with E-state index in [1.807, 2.05) is 120 Å². The Balaban J connectivity index is 0.000000147. The van der Waals surface area contributed by atoms with Crippen LogP contribution in [0.5, 0.6) is 34.5 Å². The number of aliphatic carboxylic acids is 1. The molecule has 0 spiro atoms. The summed E-state index contributed by atoms with van der Waals surface area (Å²) in [7, 11) is -9.23. The molecule has 5 aliphatic heterocycles. The SMILES string of the molecule is CC(=O)Oc1cc2c(c3c(C)c[nH]c13)[C@H](CCl)CN2.CC(=O)Oc1cc2c(c3c(C)c[nH]c13)[C@H](CCl)CN2C(=O)C12CC(C(=O)N3C[C@@H](CCl)c4c3cc(OP(=O)(OCc3ccccc3)OCc3ccccc3)c3[nH]cc(C)c43)(C1)C2.Cc1c[nH]c2c(OC(=O)Oc3ccc([N+](=O)[O-])cc3)cc3c(c12)[C@H](CCl)CN3C(=O)C12CC(C(=O)N3C[C@@H](CCl)c4c3cc(OP(=O)(O)O)c3[nH]cc(C)c43)(C1)C2.O=C(O)C(F)(F)F. The molecular formula is C101H95Cl5F3N11O23P2. The number of nitro benzene ring substituents is 1. The Bertz CT molecular complexity index is 7550. The number of hydrogen-bond acceptors (Lipinski definition) is 21.